The Morgan fingerprint density at radius 2 is 2.08 bits per heavy atom. The molecule has 0 saturated carbocycles. The van der Waals surface area contributed by atoms with E-state index >= 15 is 0 Å². The predicted octanol–water partition coefficient (Wildman–Crippen LogP) is 0.721. The molecule has 1 aromatic heterocycles. The molecule has 0 amide bonds. The average Bonchev–Trinajstić information content (AvgIpc) is 1.83. The molecule has 0 bridgehead atoms. The average molecular weight is 207 g/mol. The lowest BCUT2D eigenvalue weighted by molar-refractivity contribution is 0.601. The molecule has 1 rings (SSSR count). The van der Waals surface area contributed by atoms with Gasteiger partial charge in [0, 0.05) is 6.26 Å². The Hall–Kier alpha value is -0.810. The van der Waals surface area contributed by atoms with Crippen molar-refractivity contribution in [1.29, 1.82) is 0 Å². The summed E-state index contributed by atoms with van der Waals surface area (Å²) < 4.78 is 22.0. The number of halogens is 1. The number of sulfone groups is 1. The molecule has 2 N–H and O–H groups in total. The highest BCUT2D eigenvalue weighted by Crippen LogP contribution is 2.19. The van der Waals surface area contributed by atoms with Gasteiger partial charge in [-0.05, 0) is 12.1 Å². The molecule has 0 atom stereocenters. The van der Waals surface area contributed by atoms with Gasteiger partial charge in [-0.15, -0.1) is 0 Å². The van der Waals surface area contributed by atoms with Gasteiger partial charge in [-0.2, -0.15) is 0 Å². The van der Waals surface area contributed by atoms with Crippen LogP contribution in [0.15, 0.2) is 17.0 Å². The van der Waals surface area contributed by atoms with E-state index in [1.807, 2.05) is 0 Å². The number of hydrogen-bond donors (Lipinski definition) is 1. The van der Waals surface area contributed by atoms with E-state index in [0.29, 0.717) is 0 Å². The second-order valence-corrected chi connectivity index (χ2v) is 4.64. The van der Waals surface area contributed by atoms with Crippen LogP contribution in [0.25, 0.3) is 0 Å². The summed E-state index contributed by atoms with van der Waals surface area (Å²) in [6.07, 6.45) is 1.06. The Labute approximate surface area is 75.3 Å². The summed E-state index contributed by atoms with van der Waals surface area (Å²) >= 11 is 5.54. The van der Waals surface area contributed by atoms with Crippen molar-refractivity contribution in [3.63, 3.8) is 0 Å². The summed E-state index contributed by atoms with van der Waals surface area (Å²) in [5.41, 5.74) is 5.28. The van der Waals surface area contributed by atoms with Crippen LogP contribution in [-0.2, 0) is 9.84 Å². The molecular formula is C6H7ClN2O2S. The minimum atomic E-state index is -3.30. The molecule has 0 radical (unpaired) electrons. The molecule has 0 unspecified atom stereocenters. The fraction of sp³-hybridized carbons (Fsp3) is 0.167. The molecular weight excluding hydrogens is 200 g/mol. The highest BCUT2D eigenvalue weighted by molar-refractivity contribution is 7.90. The zero-order valence-corrected chi connectivity index (χ0v) is 7.85. The van der Waals surface area contributed by atoms with Gasteiger partial charge in [0.15, 0.2) is 9.84 Å². The van der Waals surface area contributed by atoms with Crippen LogP contribution in [0.1, 0.15) is 0 Å². The number of hydrogen-bond acceptors (Lipinski definition) is 4. The summed E-state index contributed by atoms with van der Waals surface area (Å²) in [7, 11) is -3.30. The molecule has 0 aliphatic rings. The van der Waals surface area contributed by atoms with Crippen LogP contribution in [0.4, 0.5) is 5.82 Å². The maximum absolute atomic E-state index is 11.0. The lowest BCUT2D eigenvalue weighted by atomic mass is 10.5. The van der Waals surface area contributed by atoms with Gasteiger partial charge in [0.2, 0.25) is 0 Å². The number of nitrogens with two attached hydrogens (primary N) is 1. The number of nitrogen functional groups attached to an aromatic ring is 1. The summed E-state index contributed by atoms with van der Waals surface area (Å²) in [5, 5.41) is -0.0856. The number of anilines is 1. The Balaban J connectivity index is 3.39. The first-order chi connectivity index (χ1) is 5.41. The Morgan fingerprint density at radius 3 is 2.50 bits per heavy atom. The normalized spacial score (nSPS) is 11.5. The van der Waals surface area contributed by atoms with E-state index in [1.54, 1.807) is 0 Å². The Morgan fingerprint density at radius 1 is 1.50 bits per heavy atom. The van der Waals surface area contributed by atoms with Crippen molar-refractivity contribution in [2.75, 3.05) is 12.0 Å². The molecule has 1 heterocycles. The van der Waals surface area contributed by atoms with Gasteiger partial charge in [-0.3, -0.25) is 0 Å². The zero-order valence-electron chi connectivity index (χ0n) is 6.28. The maximum atomic E-state index is 11.0. The molecule has 0 aliphatic carbocycles. The molecule has 0 fully saturated rings. The van der Waals surface area contributed by atoms with Crippen molar-refractivity contribution >= 4 is 27.3 Å². The van der Waals surface area contributed by atoms with Gasteiger partial charge < -0.3 is 5.73 Å². The van der Waals surface area contributed by atoms with Crippen molar-refractivity contribution in [1.82, 2.24) is 4.98 Å². The number of rotatable bonds is 1. The van der Waals surface area contributed by atoms with Crippen LogP contribution in [0.5, 0.6) is 0 Å². The van der Waals surface area contributed by atoms with E-state index < -0.39 is 9.84 Å². The topological polar surface area (TPSA) is 73.0 Å². The minimum absolute atomic E-state index is 0.00151. The highest BCUT2D eigenvalue weighted by atomic mass is 35.5. The molecule has 1 aromatic rings. The summed E-state index contributed by atoms with van der Waals surface area (Å²) in [5.74, 6) is 0.201. The molecule has 0 spiro atoms. The number of aromatic nitrogens is 1. The van der Waals surface area contributed by atoms with Crippen molar-refractivity contribution in [3.8, 4) is 0 Å². The van der Waals surface area contributed by atoms with E-state index in [1.165, 1.54) is 12.1 Å². The SMILES string of the molecule is CS(=O)(=O)c1ccc(N)nc1Cl. The summed E-state index contributed by atoms with van der Waals surface area (Å²) in [6, 6.07) is 2.72. The Bertz CT molecular complexity index is 402. The molecule has 4 nitrogen and oxygen atoms in total. The van der Waals surface area contributed by atoms with Gasteiger partial charge in [-0.1, -0.05) is 11.6 Å². The van der Waals surface area contributed by atoms with Gasteiger partial charge in [-0.25, -0.2) is 13.4 Å². The zero-order chi connectivity index (χ0) is 9.35. The molecule has 6 heteroatoms. The van der Waals surface area contributed by atoms with Crippen LogP contribution in [0.3, 0.4) is 0 Å². The first kappa shape index (κ1) is 9.28. The lowest BCUT2D eigenvalue weighted by Crippen LogP contribution is -2.00. The van der Waals surface area contributed by atoms with Gasteiger partial charge in [0.1, 0.15) is 15.9 Å². The first-order valence-electron chi connectivity index (χ1n) is 3.03. The van der Waals surface area contributed by atoms with E-state index in [9.17, 15) is 8.42 Å². The number of pyridine rings is 1. The van der Waals surface area contributed by atoms with Crippen molar-refractivity contribution < 1.29 is 8.42 Å². The number of nitrogens with zero attached hydrogens (tertiary/aromatic N) is 1. The Kier molecular flexibility index (Phi) is 2.25. The monoisotopic (exact) mass is 206 g/mol. The van der Waals surface area contributed by atoms with Gasteiger partial charge in [0.05, 0.1) is 0 Å². The lowest BCUT2D eigenvalue weighted by Gasteiger charge is -2.00. The second-order valence-electron chi connectivity index (χ2n) is 2.30. The molecule has 0 aromatic carbocycles. The van der Waals surface area contributed by atoms with Crippen molar-refractivity contribution in [2.45, 2.75) is 4.90 Å². The van der Waals surface area contributed by atoms with Gasteiger partial charge >= 0.3 is 0 Å². The summed E-state index contributed by atoms with van der Waals surface area (Å²) in [4.78, 5) is 3.60. The van der Waals surface area contributed by atoms with Gasteiger partial charge in [0.25, 0.3) is 0 Å². The third-order valence-electron chi connectivity index (χ3n) is 1.24. The van der Waals surface area contributed by atoms with Crippen LogP contribution < -0.4 is 5.73 Å². The third-order valence-corrected chi connectivity index (χ3v) is 2.76. The molecule has 0 saturated heterocycles. The fourth-order valence-electron chi connectivity index (χ4n) is 0.712. The van der Waals surface area contributed by atoms with Crippen molar-refractivity contribution in [2.24, 2.45) is 0 Å². The fourth-order valence-corrected chi connectivity index (χ4v) is 1.96. The van der Waals surface area contributed by atoms with Crippen LogP contribution in [0.2, 0.25) is 5.15 Å². The quantitative estimate of drug-likeness (QED) is 0.688. The second kappa shape index (κ2) is 2.91. The van der Waals surface area contributed by atoms with Crippen LogP contribution in [0, 0.1) is 0 Å². The maximum Gasteiger partial charge on any atom is 0.178 e. The third kappa shape index (κ3) is 1.86. The van der Waals surface area contributed by atoms with E-state index in [4.69, 9.17) is 17.3 Å². The summed E-state index contributed by atoms with van der Waals surface area (Å²) in [6.45, 7) is 0. The molecule has 12 heavy (non-hydrogen) atoms. The van der Waals surface area contributed by atoms with E-state index in [2.05, 4.69) is 4.98 Å². The largest absolute Gasteiger partial charge is 0.384 e. The van der Waals surface area contributed by atoms with Crippen LogP contribution >= 0.6 is 11.6 Å². The van der Waals surface area contributed by atoms with E-state index in [-0.39, 0.29) is 15.9 Å². The van der Waals surface area contributed by atoms with Crippen LogP contribution in [-0.4, -0.2) is 19.7 Å². The molecule has 66 valence electrons. The minimum Gasteiger partial charge on any atom is -0.384 e. The molecule has 0 aliphatic heterocycles. The predicted molar refractivity (Wildman–Crippen MR) is 46.8 cm³/mol. The smallest absolute Gasteiger partial charge is 0.178 e. The standard InChI is InChI=1S/C6H7ClN2O2S/c1-12(10,11)4-2-3-5(8)9-6(4)7/h2-3H,1H3,(H2,8,9). The van der Waals surface area contributed by atoms with E-state index in [0.717, 1.165) is 6.26 Å². The highest BCUT2D eigenvalue weighted by Gasteiger charge is 2.12. The first-order valence-corrected chi connectivity index (χ1v) is 5.30. The van der Waals surface area contributed by atoms with Crippen molar-refractivity contribution in [3.05, 3.63) is 17.3 Å².